The Hall–Kier alpha value is -3.18. The highest BCUT2D eigenvalue weighted by atomic mass is 35.5. The Morgan fingerprint density at radius 1 is 1.11 bits per heavy atom. The zero-order valence-electron chi connectivity index (χ0n) is 18.9. The number of nitrogens with zero attached hydrogens (tertiary/aromatic N) is 1. The number of thiocarbonyl (C=S) groups is 1. The number of hydrogen-bond acceptors (Lipinski definition) is 6. The highest BCUT2D eigenvalue weighted by molar-refractivity contribution is 7.92. The van der Waals surface area contributed by atoms with Crippen LogP contribution < -0.4 is 19.7 Å². The number of thiophene rings is 1. The van der Waals surface area contributed by atoms with E-state index in [0.717, 1.165) is 15.6 Å². The number of fused-ring (bicyclic) bond motifs is 2. The van der Waals surface area contributed by atoms with Gasteiger partial charge in [0.15, 0.2) is 5.11 Å². The molecule has 2 N–H and O–H groups in total. The molecule has 1 aliphatic heterocycles. The van der Waals surface area contributed by atoms with Gasteiger partial charge in [0.25, 0.3) is 15.9 Å². The number of rotatable bonds is 5. The molecule has 1 amide bonds. The maximum absolute atomic E-state index is 13.2. The molecule has 11 heteroatoms. The minimum Gasteiger partial charge on any atom is -0.497 e. The first-order chi connectivity index (χ1) is 17.3. The molecule has 1 aliphatic rings. The molecule has 0 bridgehead atoms. The lowest BCUT2D eigenvalue weighted by Crippen LogP contribution is -2.33. The van der Waals surface area contributed by atoms with Gasteiger partial charge in [-0.05, 0) is 72.7 Å². The Bertz CT molecular complexity index is 1600. The van der Waals surface area contributed by atoms with Gasteiger partial charge in [-0.15, -0.1) is 11.3 Å². The standard InChI is InChI=1S/C25H20ClN3O4S3/c1-33-17-8-11-19-21(14-17)35-23(22(19)26)24(30)28-25(34)27-16-6-9-18(10-7-16)36(31,32)29-13-12-15-4-2-3-5-20(15)29/h2-11,14H,12-13H2,1H3,(H2,27,28,30,34). The van der Waals surface area contributed by atoms with Gasteiger partial charge in [-0.25, -0.2) is 8.42 Å². The Morgan fingerprint density at radius 2 is 1.86 bits per heavy atom. The molecule has 1 aromatic heterocycles. The molecule has 0 atom stereocenters. The minimum atomic E-state index is -3.69. The second kappa shape index (κ2) is 9.70. The number of carbonyl (C=O) groups is 1. The molecule has 0 spiro atoms. The number of sulfonamides is 1. The molecule has 0 unspecified atom stereocenters. The highest BCUT2D eigenvalue weighted by Crippen LogP contribution is 2.37. The van der Waals surface area contributed by atoms with Crippen LogP contribution in [0.2, 0.25) is 5.02 Å². The van der Waals surface area contributed by atoms with Crippen molar-refractivity contribution in [2.45, 2.75) is 11.3 Å². The number of halogens is 1. The van der Waals surface area contributed by atoms with Gasteiger partial charge >= 0.3 is 0 Å². The SMILES string of the molecule is COc1ccc2c(Cl)c(C(=O)NC(=S)Nc3ccc(S(=O)(=O)N4CCc5ccccc54)cc3)sc2c1. The van der Waals surface area contributed by atoms with E-state index < -0.39 is 15.9 Å². The largest absolute Gasteiger partial charge is 0.497 e. The molecule has 0 aliphatic carbocycles. The fourth-order valence-corrected chi connectivity index (χ4v) is 7.19. The molecule has 5 rings (SSSR count). The van der Waals surface area contributed by atoms with Crippen molar-refractivity contribution >= 4 is 77.7 Å². The summed E-state index contributed by atoms with van der Waals surface area (Å²) in [5.74, 6) is 0.230. The van der Waals surface area contributed by atoms with E-state index in [9.17, 15) is 13.2 Å². The third kappa shape index (κ3) is 4.53. The number of ether oxygens (including phenoxy) is 1. The summed E-state index contributed by atoms with van der Waals surface area (Å²) >= 11 is 12.9. The van der Waals surface area contributed by atoms with Crippen LogP contribution in [0.1, 0.15) is 15.2 Å². The first kappa shape index (κ1) is 24.5. The molecule has 3 aromatic carbocycles. The number of carbonyl (C=O) groups excluding carboxylic acids is 1. The third-order valence-corrected chi connectivity index (χ3v) is 9.50. The van der Waals surface area contributed by atoms with E-state index in [2.05, 4.69) is 10.6 Å². The van der Waals surface area contributed by atoms with Crippen LogP contribution in [0.5, 0.6) is 5.75 Å². The second-order valence-corrected chi connectivity index (χ2v) is 11.7. The second-order valence-electron chi connectivity index (χ2n) is 8.00. The van der Waals surface area contributed by atoms with Crippen molar-refractivity contribution in [3.05, 3.63) is 82.2 Å². The van der Waals surface area contributed by atoms with E-state index in [1.807, 2.05) is 30.3 Å². The average molecular weight is 558 g/mol. The highest BCUT2D eigenvalue weighted by Gasteiger charge is 2.30. The molecule has 7 nitrogen and oxygen atoms in total. The number of hydrogen-bond donors (Lipinski definition) is 2. The van der Waals surface area contributed by atoms with Crippen molar-refractivity contribution in [3.8, 4) is 5.75 Å². The van der Waals surface area contributed by atoms with Gasteiger partial charge in [0, 0.05) is 22.3 Å². The number of nitrogens with one attached hydrogen (secondary N) is 2. The van der Waals surface area contributed by atoms with Crippen LogP contribution >= 0.6 is 35.2 Å². The molecular weight excluding hydrogens is 538 g/mol. The monoisotopic (exact) mass is 557 g/mol. The van der Waals surface area contributed by atoms with E-state index in [1.54, 1.807) is 31.4 Å². The van der Waals surface area contributed by atoms with Crippen molar-refractivity contribution < 1.29 is 17.9 Å². The Kier molecular flexibility index (Phi) is 6.60. The number of methoxy groups -OCH3 is 1. The topological polar surface area (TPSA) is 87.7 Å². The molecule has 2 heterocycles. The summed E-state index contributed by atoms with van der Waals surface area (Å²) in [4.78, 5) is 13.3. The van der Waals surface area contributed by atoms with Crippen LogP contribution in [0.15, 0.2) is 71.6 Å². The van der Waals surface area contributed by atoms with E-state index in [-0.39, 0.29) is 10.0 Å². The van der Waals surface area contributed by atoms with E-state index in [4.69, 9.17) is 28.6 Å². The predicted molar refractivity (Wildman–Crippen MR) is 148 cm³/mol. The number of para-hydroxylation sites is 1. The first-order valence-corrected chi connectivity index (χ1v) is 13.9. The van der Waals surface area contributed by atoms with Crippen LogP contribution in [0.25, 0.3) is 10.1 Å². The van der Waals surface area contributed by atoms with Crippen LogP contribution in [0.3, 0.4) is 0 Å². The van der Waals surface area contributed by atoms with Crippen LogP contribution in [0.4, 0.5) is 11.4 Å². The Labute approximate surface area is 222 Å². The van der Waals surface area contributed by atoms with Gasteiger partial charge in [-0.3, -0.25) is 14.4 Å². The minimum absolute atomic E-state index is 0.0650. The molecule has 0 fully saturated rings. The maximum Gasteiger partial charge on any atom is 0.269 e. The summed E-state index contributed by atoms with van der Waals surface area (Å²) < 4.78 is 33.8. The Balaban J connectivity index is 1.27. The predicted octanol–water partition coefficient (Wildman–Crippen LogP) is 5.44. The molecule has 0 radical (unpaired) electrons. The fraction of sp³-hybridized carbons (Fsp3) is 0.120. The quantitative estimate of drug-likeness (QED) is 0.318. The molecule has 184 valence electrons. The summed E-state index contributed by atoms with van der Waals surface area (Å²) in [7, 11) is -2.12. The van der Waals surface area contributed by atoms with Gasteiger partial charge in [0.05, 0.1) is 22.7 Å². The van der Waals surface area contributed by atoms with Gasteiger partial charge in [0.2, 0.25) is 0 Å². The van der Waals surface area contributed by atoms with Crippen molar-refractivity contribution in [2.24, 2.45) is 0 Å². The summed E-state index contributed by atoms with van der Waals surface area (Å²) in [6.07, 6.45) is 0.681. The van der Waals surface area contributed by atoms with Gasteiger partial charge in [-0.2, -0.15) is 0 Å². The lowest BCUT2D eigenvalue weighted by atomic mass is 10.2. The number of anilines is 2. The van der Waals surface area contributed by atoms with Crippen molar-refractivity contribution in [1.82, 2.24) is 5.32 Å². The average Bonchev–Trinajstić information content (AvgIpc) is 3.45. The maximum atomic E-state index is 13.2. The lowest BCUT2D eigenvalue weighted by molar-refractivity contribution is 0.0982. The third-order valence-electron chi connectivity index (χ3n) is 5.81. The molecule has 0 saturated heterocycles. The summed E-state index contributed by atoms with van der Waals surface area (Å²) in [6.45, 7) is 0.408. The summed E-state index contributed by atoms with van der Waals surface area (Å²) in [5.41, 5.74) is 2.26. The number of benzene rings is 3. The van der Waals surface area contributed by atoms with Gasteiger partial charge in [0.1, 0.15) is 10.6 Å². The number of amides is 1. The normalized spacial score (nSPS) is 12.9. The van der Waals surface area contributed by atoms with Gasteiger partial charge in [-0.1, -0.05) is 29.8 Å². The molecule has 4 aromatic rings. The van der Waals surface area contributed by atoms with Crippen LogP contribution in [-0.4, -0.2) is 33.1 Å². The van der Waals surface area contributed by atoms with Crippen LogP contribution in [0, 0.1) is 0 Å². The van der Waals surface area contributed by atoms with Crippen molar-refractivity contribution in [1.29, 1.82) is 0 Å². The Morgan fingerprint density at radius 3 is 2.61 bits per heavy atom. The van der Waals surface area contributed by atoms with Crippen molar-refractivity contribution in [2.75, 3.05) is 23.3 Å². The molecule has 0 saturated carbocycles. The van der Waals surface area contributed by atoms with Gasteiger partial charge < -0.3 is 10.1 Å². The lowest BCUT2D eigenvalue weighted by Gasteiger charge is -2.19. The van der Waals surface area contributed by atoms with E-state index in [1.165, 1.54) is 27.8 Å². The zero-order valence-corrected chi connectivity index (χ0v) is 22.2. The van der Waals surface area contributed by atoms with Crippen LogP contribution in [-0.2, 0) is 16.4 Å². The summed E-state index contributed by atoms with van der Waals surface area (Å²) in [6, 6.07) is 19.1. The first-order valence-electron chi connectivity index (χ1n) is 10.9. The van der Waals surface area contributed by atoms with E-state index in [0.29, 0.717) is 40.0 Å². The van der Waals surface area contributed by atoms with E-state index >= 15 is 0 Å². The van der Waals surface area contributed by atoms with Crippen molar-refractivity contribution in [3.63, 3.8) is 0 Å². The zero-order chi connectivity index (χ0) is 25.4. The smallest absolute Gasteiger partial charge is 0.269 e. The summed E-state index contributed by atoms with van der Waals surface area (Å²) in [5, 5.41) is 6.70. The fourth-order valence-electron chi connectivity index (χ4n) is 4.04. The molecule has 36 heavy (non-hydrogen) atoms. The molecular formula is C25H20ClN3O4S3.